The monoisotopic (exact) mass is 379 g/mol. The first-order chi connectivity index (χ1) is 13.6. The molecule has 0 aliphatic carbocycles. The molecular formula is C22H25N3O3. The Morgan fingerprint density at radius 2 is 1.82 bits per heavy atom. The van der Waals surface area contributed by atoms with Gasteiger partial charge in [0.1, 0.15) is 17.2 Å². The van der Waals surface area contributed by atoms with Gasteiger partial charge in [0.15, 0.2) is 0 Å². The molecule has 1 amide bonds. The summed E-state index contributed by atoms with van der Waals surface area (Å²) in [5.41, 5.74) is 3.89. The summed E-state index contributed by atoms with van der Waals surface area (Å²) < 4.78 is 12.4. The van der Waals surface area contributed by atoms with E-state index in [-0.39, 0.29) is 5.91 Å². The van der Waals surface area contributed by atoms with Crippen molar-refractivity contribution in [3.8, 4) is 28.4 Å². The number of nitrogens with zero attached hydrogens (tertiary/aromatic N) is 2. The maximum Gasteiger partial charge on any atom is 0.270 e. The van der Waals surface area contributed by atoms with Gasteiger partial charge in [0.25, 0.3) is 5.91 Å². The van der Waals surface area contributed by atoms with Crippen LogP contribution in [0, 0.1) is 6.92 Å². The minimum absolute atomic E-state index is 0.159. The van der Waals surface area contributed by atoms with Crippen LogP contribution in [0.2, 0.25) is 0 Å². The highest BCUT2D eigenvalue weighted by Crippen LogP contribution is 2.33. The van der Waals surface area contributed by atoms with E-state index in [4.69, 9.17) is 14.6 Å². The van der Waals surface area contributed by atoms with Crippen molar-refractivity contribution in [3.05, 3.63) is 59.8 Å². The van der Waals surface area contributed by atoms with E-state index in [1.807, 2.05) is 50.2 Å². The van der Waals surface area contributed by atoms with Crippen molar-refractivity contribution in [2.75, 3.05) is 20.8 Å². The molecule has 0 aliphatic heterocycles. The Hall–Kier alpha value is -3.28. The molecule has 0 atom stereocenters. The fourth-order valence-corrected chi connectivity index (χ4v) is 2.90. The van der Waals surface area contributed by atoms with Gasteiger partial charge in [-0.05, 0) is 43.7 Å². The number of hydrogen-bond donors (Lipinski definition) is 1. The smallest absolute Gasteiger partial charge is 0.270 e. The van der Waals surface area contributed by atoms with Crippen LogP contribution in [0.4, 0.5) is 0 Å². The summed E-state index contributed by atoms with van der Waals surface area (Å²) in [5.74, 6) is 1.17. The maximum absolute atomic E-state index is 12.7. The Balaban J connectivity index is 2.11. The van der Waals surface area contributed by atoms with E-state index < -0.39 is 0 Å². The molecule has 0 saturated carbocycles. The average Bonchev–Trinajstić information content (AvgIpc) is 3.17. The van der Waals surface area contributed by atoms with Gasteiger partial charge in [-0.1, -0.05) is 24.6 Å². The maximum atomic E-state index is 12.7. The number of methoxy groups -OCH3 is 2. The van der Waals surface area contributed by atoms with E-state index in [0.29, 0.717) is 29.4 Å². The predicted molar refractivity (Wildman–Crippen MR) is 109 cm³/mol. The third-order valence-corrected chi connectivity index (χ3v) is 4.44. The van der Waals surface area contributed by atoms with Crippen molar-refractivity contribution in [3.63, 3.8) is 0 Å². The highest BCUT2D eigenvalue weighted by molar-refractivity contribution is 5.94. The van der Waals surface area contributed by atoms with E-state index in [1.165, 1.54) is 0 Å². The van der Waals surface area contributed by atoms with E-state index >= 15 is 0 Å². The standard InChI is InChI=1S/C22H25N3O3/c1-5-12-23-22(26)20-14-19(18-11-10-17(27-3)13-21(18)28-4)24-25(20)16-8-6-15(2)7-9-16/h6-11,13-14H,5,12H2,1-4H3,(H,23,26). The summed E-state index contributed by atoms with van der Waals surface area (Å²) >= 11 is 0. The highest BCUT2D eigenvalue weighted by Gasteiger charge is 2.19. The molecule has 6 nitrogen and oxygen atoms in total. The van der Waals surface area contributed by atoms with Gasteiger partial charge in [-0.2, -0.15) is 5.10 Å². The number of amides is 1. The second-order valence-electron chi connectivity index (χ2n) is 6.48. The van der Waals surface area contributed by atoms with Crippen molar-refractivity contribution in [2.45, 2.75) is 20.3 Å². The van der Waals surface area contributed by atoms with E-state index in [0.717, 1.165) is 23.2 Å². The Morgan fingerprint density at radius 1 is 1.07 bits per heavy atom. The molecule has 1 N–H and O–H groups in total. The number of rotatable bonds is 7. The van der Waals surface area contributed by atoms with Crippen LogP contribution >= 0.6 is 0 Å². The van der Waals surface area contributed by atoms with Crippen molar-refractivity contribution < 1.29 is 14.3 Å². The molecule has 6 heteroatoms. The molecule has 0 fully saturated rings. The first-order valence-corrected chi connectivity index (χ1v) is 9.25. The first kappa shape index (κ1) is 19.5. The van der Waals surface area contributed by atoms with Crippen LogP contribution in [0.5, 0.6) is 11.5 Å². The van der Waals surface area contributed by atoms with Crippen molar-refractivity contribution >= 4 is 5.91 Å². The van der Waals surface area contributed by atoms with Crippen LogP contribution in [0.1, 0.15) is 29.4 Å². The van der Waals surface area contributed by atoms with Crippen molar-refractivity contribution in [1.29, 1.82) is 0 Å². The van der Waals surface area contributed by atoms with Crippen molar-refractivity contribution in [2.24, 2.45) is 0 Å². The molecule has 28 heavy (non-hydrogen) atoms. The Labute approximate surface area is 165 Å². The van der Waals surface area contributed by atoms with E-state index in [2.05, 4.69) is 5.32 Å². The Morgan fingerprint density at radius 3 is 2.46 bits per heavy atom. The zero-order chi connectivity index (χ0) is 20.1. The minimum atomic E-state index is -0.159. The van der Waals surface area contributed by atoms with Crippen LogP contribution in [0.3, 0.4) is 0 Å². The number of ether oxygens (including phenoxy) is 2. The lowest BCUT2D eigenvalue weighted by Gasteiger charge is -2.09. The van der Waals surface area contributed by atoms with Crippen molar-refractivity contribution in [1.82, 2.24) is 15.1 Å². The molecule has 0 spiro atoms. The van der Waals surface area contributed by atoms with Gasteiger partial charge in [-0.3, -0.25) is 4.79 Å². The molecule has 0 radical (unpaired) electrons. The van der Waals surface area contributed by atoms with Gasteiger partial charge >= 0.3 is 0 Å². The summed E-state index contributed by atoms with van der Waals surface area (Å²) in [6, 6.07) is 15.2. The molecule has 2 aromatic carbocycles. The van der Waals surface area contributed by atoms with Gasteiger partial charge < -0.3 is 14.8 Å². The third kappa shape index (κ3) is 4.01. The zero-order valence-electron chi connectivity index (χ0n) is 16.7. The van der Waals surface area contributed by atoms with Crippen LogP contribution in [0.25, 0.3) is 16.9 Å². The second-order valence-corrected chi connectivity index (χ2v) is 6.48. The summed E-state index contributed by atoms with van der Waals surface area (Å²) in [5, 5.41) is 7.64. The SMILES string of the molecule is CCCNC(=O)c1cc(-c2ccc(OC)cc2OC)nn1-c1ccc(C)cc1. The molecule has 0 bridgehead atoms. The molecule has 1 heterocycles. The largest absolute Gasteiger partial charge is 0.497 e. The Kier molecular flexibility index (Phi) is 5.99. The minimum Gasteiger partial charge on any atom is -0.497 e. The third-order valence-electron chi connectivity index (χ3n) is 4.44. The van der Waals surface area contributed by atoms with Gasteiger partial charge in [-0.25, -0.2) is 4.68 Å². The average molecular weight is 379 g/mol. The van der Waals surface area contributed by atoms with Gasteiger partial charge in [0.05, 0.1) is 25.6 Å². The molecule has 3 aromatic rings. The summed E-state index contributed by atoms with van der Waals surface area (Å²) in [6.07, 6.45) is 0.865. The fourth-order valence-electron chi connectivity index (χ4n) is 2.90. The Bertz CT molecular complexity index is 962. The highest BCUT2D eigenvalue weighted by atomic mass is 16.5. The topological polar surface area (TPSA) is 65.4 Å². The fraction of sp³-hybridized carbons (Fsp3) is 0.273. The second kappa shape index (κ2) is 8.61. The molecule has 3 rings (SSSR count). The van der Waals surface area contributed by atoms with Crippen LogP contribution < -0.4 is 14.8 Å². The lowest BCUT2D eigenvalue weighted by atomic mass is 10.1. The normalized spacial score (nSPS) is 10.6. The first-order valence-electron chi connectivity index (χ1n) is 9.25. The van der Waals surface area contributed by atoms with E-state index in [1.54, 1.807) is 31.0 Å². The summed E-state index contributed by atoms with van der Waals surface area (Å²) in [4.78, 5) is 12.7. The van der Waals surface area contributed by atoms with Gasteiger partial charge in [0, 0.05) is 18.2 Å². The number of carbonyl (C=O) groups is 1. The number of benzene rings is 2. The summed E-state index contributed by atoms with van der Waals surface area (Å²) in [6.45, 7) is 4.65. The van der Waals surface area contributed by atoms with Crippen LogP contribution in [-0.4, -0.2) is 36.5 Å². The lowest BCUT2D eigenvalue weighted by Crippen LogP contribution is -2.26. The van der Waals surface area contributed by atoms with Crippen LogP contribution in [-0.2, 0) is 0 Å². The molecule has 1 aromatic heterocycles. The van der Waals surface area contributed by atoms with Gasteiger partial charge in [0.2, 0.25) is 0 Å². The molecule has 0 saturated heterocycles. The van der Waals surface area contributed by atoms with Gasteiger partial charge in [-0.15, -0.1) is 0 Å². The molecule has 0 unspecified atom stereocenters. The number of carbonyl (C=O) groups excluding carboxylic acids is 1. The summed E-state index contributed by atoms with van der Waals surface area (Å²) in [7, 11) is 3.21. The molecular weight excluding hydrogens is 354 g/mol. The number of nitrogens with one attached hydrogen (secondary N) is 1. The number of aryl methyl sites for hydroxylation is 1. The number of aromatic nitrogens is 2. The molecule has 0 aliphatic rings. The van der Waals surface area contributed by atoms with E-state index in [9.17, 15) is 4.79 Å². The molecule has 146 valence electrons. The van der Waals surface area contributed by atoms with Crippen LogP contribution in [0.15, 0.2) is 48.5 Å². The lowest BCUT2D eigenvalue weighted by molar-refractivity contribution is 0.0946. The quantitative estimate of drug-likeness (QED) is 0.674. The number of hydrogen-bond acceptors (Lipinski definition) is 4. The predicted octanol–water partition coefficient (Wildman–Crippen LogP) is 4.00. The zero-order valence-corrected chi connectivity index (χ0v) is 16.7.